The van der Waals surface area contributed by atoms with Crippen LogP contribution in [-0.4, -0.2) is 10.1 Å². The second-order valence-electron chi connectivity index (χ2n) is 4.23. The molecule has 1 aromatic carbocycles. The summed E-state index contributed by atoms with van der Waals surface area (Å²) in [5, 5.41) is 13.6. The fourth-order valence-corrected chi connectivity index (χ4v) is 3.07. The van der Waals surface area contributed by atoms with Gasteiger partial charge in [0, 0.05) is 23.0 Å². The van der Waals surface area contributed by atoms with Gasteiger partial charge in [-0.2, -0.15) is 0 Å². The quantitative estimate of drug-likeness (QED) is 0.776. The molecular weight excluding hydrogens is 242 g/mol. The van der Waals surface area contributed by atoms with Crippen LogP contribution < -0.4 is 0 Å². The van der Waals surface area contributed by atoms with Crippen molar-refractivity contribution in [2.24, 2.45) is 0 Å². The number of hydrogen-bond acceptors (Lipinski definition) is 3. The van der Waals surface area contributed by atoms with Gasteiger partial charge < -0.3 is 5.11 Å². The number of thiophene rings is 1. The Morgan fingerprint density at radius 1 is 1.11 bits per heavy atom. The number of aromatic nitrogens is 1. The summed E-state index contributed by atoms with van der Waals surface area (Å²) in [5.41, 5.74) is 1.91. The minimum absolute atomic E-state index is 0.498. The molecule has 2 nitrogen and oxygen atoms in total. The molecule has 2 heterocycles. The molecule has 0 aliphatic carbocycles. The van der Waals surface area contributed by atoms with E-state index in [9.17, 15) is 5.11 Å². The van der Waals surface area contributed by atoms with Crippen molar-refractivity contribution in [3.05, 3.63) is 65.3 Å². The van der Waals surface area contributed by atoms with E-state index in [1.54, 1.807) is 17.5 Å². The highest BCUT2D eigenvalue weighted by Gasteiger charge is 2.13. The Kier molecular flexibility index (Phi) is 3.09. The fraction of sp³-hybridized carbons (Fsp3) is 0.133. The Labute approximate surface area is 110 Å². The van der Waals surface area contributed by atoms with E-state index < -0.39 is 6.10 Å². The summed E-state index contributed by atoms with van der Waals surface area (Å²) in [6.45, 7) is 0. The van der Waals surface area contributed by atoms with Crippen LogP contribution in [0.5, 0.6) is 0 Å². The normalized spacial score (nSPS) is 12.7. The minimum Gasteiger partial charge on any atom is -0.388 e. The van der Waals surface area contributed by atoms with Crippen molar-refractivity contribution in [3.8, 4) is 0 Å². The molecule has 0 spiro atoms. The molecule has 1 atom stereocenters. The Bertz CT molecular complexity index is 648. The zero-order valence-corrected chi connectivity index (χ0v) is 10.6. The summed E-state index contributed by atoms with van der Waals surface area (Å²) in [4.78, 5) is 4.26. The Hall–Kier alpha value is -1.71. The van der Waals surface area contributed by atoms with Crippen molar-refractivity contribution in [1.29, 1.82) is 0 Å². The van der Waals surface area contributed by atoms with Crippen molar-refractivity contribution in [2.75, 3.05) is 0 Å². The van der Waals surface area contributed by atoms with Gasteiger partial charge in [0.15, 0.2) is 0 Å². The van der Waals surface area contributed by atoms with Crippen LogP contribution in [0.2, 0.25) is 0 Å². The maximum atomic E-state index is 10.4. The highest BCUT2D eigenvalue weighted by molar-refractivity contribution is 7.17. The molecule has 3 rings (SSSR count). The summed E-state index contributed by atoms with van der Waals surface area (Å²) >= 11 is 1.67. The average molecular weight is 255 g/mol. The lowest BCUT2D eigenvalue weighted by molar-refractivity contribution is 0.179. The molecule has 1 unspecified atom stereocenters. The topological polar surface area (TPSA) is 33.1 Å². The number of aliphatic hydroxyl groups is 1. The molecule has 3 aromatic rings. The Balaban J connectivity index is 1.92. The molecule has 0 saturated heterocycles. The van der Waals surface area contributed by atoms with Gasteiger partial charge in [-0.25, -0.2) is 0 Å². The van der Waals surface area contributed by atoms with Gasteiger partial charge in [0.25, 0.3) is 0 Å². The van der Waals surface area contributed by atoms with E-state index in [4.69, 9.17) is 0 Å². The summed E-state index contributed by atoms with van der Waals surface area (Å²) in [7, 11) is 0. The minimum atomic E-state index is -0.498. The maximum Gasteiger partial charge on any atom is 0.0859 e. The average Bonchev–Trinajstić information content (AvgIpc) is 2.87. The molecule has 90 valence electrons. The van der Waals surface area contributed by atoms with Gasteiger partial charge in [0.1, 0.15) is 0 Å². The number of nitrogens with zero attached hydrogens (tertiary/aromatic N) is 1. The van der Waals surface area contributed by atoms with E-state index >= 15 is 0 Å². The van der Waals surface area contributed by atoms with Crippen LogP contribution in [0, 0.1) is 0 Å². The summed E-state index contributed by atoms with van der Waals surface area (Å²) in [6, 6.07) is 13.9. The zero-order chi connectivity index (χ0) is 12.4. The zero-order valence-electron chi connectivity index (χ0n) is 9.78. The molecule has 18 heavy (non-hydrogen) atoms. The molecule has 0 amide bonds. The number of fused-ring (bicyclic) bond motifs is 1. The lowest BCUT2D eigenvalue weighted by Gasteiger charge is -2.11. The van der Waals surface area contributed by atoms with Crippen molar-refractivity contribution >= 4 is 21.4 Å². The van der Waals surface area contributed by atoms with Crippen LogP contribution >= 0.6 is 11.3 Å². The smallest absolute Gasteiger partial charge is 0.0859 e. The molecule has 0 aliphatic rings. The predicted octanol–water partition coefficient (Wildman–Crippen LogP) is 3.57. The SMILES string of the molecule is OC(Cc1ccccn1)c1cccc2ccsc12. The van der Waals surface area contributed by atoms with E-state index in [0.717, 1.165) is 11.3 Å². The molecule has 1 N–H and O–H groups in total. The Morgan fingerprint density at radius 2 is 2.06 bits per heavy atom. The van der Waals surface area contributed by atoms with Gasteiger partial charge in [-0.05, 0) is 34.5 Å². The van der Waals surface area contributed by atoms with Crippen molar-refractivity contribution in [2.45, 2.75) is 12.5 Å². The first-order valence-electron chi connectivity index (χ1n) is 5.89. The molecule has 0 saturated carbocycles. The maximum absolute atomic E-state index is 10.4. The first-order chi connectivity index (χ1) is 8.84. The lowest BCUT2D eigenvalue weighted by atomic mass is 10.0. The van der Waals surface area contributed by atoms with Crippen molar-refractivity contribution < 1.29 is 5.11 Å². The van der Waals surface area contributed by atoms with E-state index in [-0.39, 0.29) is 0 Å². The second kappa shape index (κ2) is 4.88. The number of pyridine rings is 1. The van der Waals surface area contributed by atoms with Gasteiger partial charge >= 0.3 is 0 Å². The standard InChI is InChI=1S/C15H13NOS/c17-14(10-12-5-1-2-8-16-12)13-6-3-4-11-7-9-18-15(11)13/h1-9,14,17H,10H2. The summed E-state index contributed by atoms with van der Waals surface area (Å²) in [5.74, 6) is 0. The van der Waals surface area contributed by atoms with Crippen LogP contribution in [0.15, 0.2) is 54.0 Å². The third-order valence-electron chi connectivity index (χ3n) is 3.00. The van der Waals surface area contributed by atoms with Gasteiger partial charge in [-0.3, -0.25) is 4.98 Å². The number of benzene rings is 1. The van der Waals surface area contributed by atoms with Crippen molar-refractivity contribution in [3.63, 3.8) is 0 Å². The molecule has 0 radical (unpaired) electrons. The fourth-order valence-electron chi connectivity index (χ4n) is 2.11. The summed E-state index contributed by atoms with van der Waals surface area (Å²) < 4.78 is 1.17. The largest absolute Gasteiger partial charge is 0.388 e. The van der Waals surface area contributed by atoms with E-state index in [1.165, 1.54) is 10.1 Å². The van der Waals surface area contributed by atoms with E-state index in [2.05, 4.69) is 22.5 Å². The molecule has 2 aromatic heterocycles. The lowest BCUT2D eigenvalue weighted by Crippen LogP contribution is -2.03. The first kappa shape index (κ1) is 11.4. The molecule has 3 heteroatoms. The highest BCUT2D eigenvalue weighted by Crippen LogP contribution is 2.30. The van der Waals surface area contributed by atoms with Crippen LogP contribution in [0.25, 0.3) is 10.1 Å². The number of rotatable bonds is 3. The molecular formula is C15H13NOS. The van der Waals surface area contributed by atoms with Gasteiger partial charge in [0.2, 0.25) is 0 Å². The van der Waals surface area contributed by atoms with Crippen LogP contribution in [-0.2, 0) is 6.42 Å². The van der Waals surface area contributed by atoms with Gasteiger partial charge in [-0.1, -0.05) is 24.3 Å². The van der Waals surface area contributed by atoms with Crippen LogP contribution in [0.4, 0.5) is 0 Å². The third-order valence-corrected chi connectivity index (χ3v) is 3.98. The third kappa shape index (κ3) is 2.15. The number of hydrogen-bond donors (Lipinski definition) is 1. The van der Waals surface area contributed by atoms with Crippen molar-refractivity contribution in [1.82, 2.24) is 4.98 Å². The first-order valence-corrected chi connectivity index (χ1v) is 6.76. The summed E-state index contributed by atoms with van der Waals surface area (Å²) in [6.07, 6.45) is 1.81. The monoisotopic (exact) mass is 255 g/mol. The van der Waals surface area contributed by atoms with Gasteiger partial charge in [-0.15, -0.1) is 11.3 Å². The van der Waals surface area contributed by atoms with E-state index in [0.29, 0.717) is 6.42 Å². The molecule has 0 bridgehead atoms. The number of aliphatic hydroxyl groups excluding tert-OH is 1. The Morgan fingerprint density at radius 3 is 2.89 bits per heavy atom. The molecule has 0 fully saturated rings. The van der Waals surface area contributed by atoms with Gasteiger partial charge in [0.05, 0.1) is 6.10 Å². The van der Waals surface area contributed by atoms with E-state index in [1.807, 2.05) is 30.3 Å². The predicted molar refractivity (Wildman–Crippen MR) is 74.7 cm³/mol. The molecule has 0 aliphatic heterocycles. The van der Waals surface area contributed by atoms with Crippen LogP contribution in [0.3, 0.4) is 0 Å². The van der Waals surface area contributed by atoms with Crippen LogP contribution in [0.1, 0.15) is 17.4 Å². The highest BCUT2D eigenvalue weighted by atomic mass is 32.1. The second-order valence-corrected chi connectivity index (χ2v) is 5.14.